The van der Waals surface area contributed by atoms with Crippen molar-refractivity contribution in [2.75, 3.05) is 13.7 Å². The largest absolute Gasteiger partial charge is 0.383 e. The molecule has 0 aromatic heterocycles. The van der Waals surface area contributed by atoms with Crippen LogP contribution in [-0.2, 0) is 16.0 Å². The monoisotopic (exact) mass is 248 g/mol. The minimum atomic E-state index is -0.593. The molecule has 0 unspecified atom stereocenters. The Bertz CT molecular complexity index is 420. The lowest BCUT2D eigenvalue weighted by Crippen LogP contribution is -2.45. The Labute approximate surface area is 108 Å². The number of fused-ring (bicyclic) bond motifs is 1. The van der Waals surface area contributed by atoms with Crippen LogP contribution in [-0.4, -0.2) is 25.7 Å². The van der Waals surface area contributed by atoms with E-state index in [2.05, 4.69) is 17.4 Å². The van der Waals surface area contributed by atoms with Gasteiger partial charge in [0.25, 0.3) is 0 Å². The molecule has 0 saturated heterocycles. The number of rotatable bonds is 4. The van der Waals surface area contributed by atoms with E-state index in [1.54, 1.807) is 7.11 Å². The number of benzene rings is 1. The lowest BCUT2D eigenvalue weighted by Gasteiger charge is -2.27. The highest BCUT2D eigenvalue weighted by molar-refractivity contribution is 5.82. The highest BCUT2D eigenvalue weighted by atomic mass is 16.5. The van der Waals surface area contributed by atoms with Crippen LogP contribution >= 0.6 is 0 Å². The van der Waals surface area contributed by atoms with Gasteiger partial charge in [0.2, 0.25) is 5.91 Å². The molecule has 98 valence electrons. The van der Waals surface area contributed by atoms with Gasteiger partial charge in [-0.25, -0.2) is 0 Å². The molecule has 2 rings (SSSR count). The molecule has 0 bridgehead atoms. The fourth-order valence-corrected chi connectivity index (χ4v) is 2.44. The summed E-state index contributed by atoms with van der Waals surface area (Å²) < 4.78 is 4.90. The third-order valence-corrected chi connectivity index (χ3v) is 3.37. The summed E-state index contributed by atoms with van der Waals surface area (Å²) in [6.07, 6.45) is 3.16. The second-order valence-electron chi connectivity index (χ2n) is 4.71. The Morgan fingerprint density at radius 2 is 2.33 bits per heavy atom. The van der Waals surface area contributed by atoms with Crippen LogP contribution < -0.4 is 11.1 Å². The van der Waals surface area contributed by atoms with Crippen molar-refractivity contribution in [3.8, 4) is 0 Å². The van der Waals surface area contributed by atoms with E-state index in [1.807, 2.05) is 12.1 Å². The minimum Gasteiger partial charge on any atom is -0.383 e. The number of nitrogens with two attached hydrogens (primary N) is 1. The minimum absolute atomic E-state index is 0.0883. The summed E-state index contributed by atoms with van der Waals surface area (Å²) in [6.45, 7) is 0.250. The van der Waals surface area contributed by atoms with Crippen LogP contribution in [0.5, 0.6) is 0 Å². The molecule has 18 heavy (non-hydrogen) atoms. The second kappa shape index (κ2) is 5.98. The molecule has 0 fully saturated rings. The van der Waals surface area contributed by atoms with Gasteiger partial charge < -0.3 is 15.8 Å². The lowest BCUT2D eigenvalue weighted by atomic mass is 9.87. The molecule has 3 N–H and O–H groups in total. The molecule has 1 aromatic carbocycles. The highest BCUT2D eigenvalue weighted by Crippen LogP contribution is 2.29. The van der Waals surface area contributed by atoms with Crippen LogP contribution in [0.15, 0.2) is 24.3 Å². The van der Waals surface area contributed by atoms with Gasteiger partial charge in [-0.1, -0.05) is 24.3 Å². The molecule has 0 radical (unpaired) electrons. The molecular weight excluding hydrogens is 228 g/mol. The van der Waals surface area contributed by atoms with E-state index in [0.29, 0.717) is 0 Å². The summed E-state index contributed by atoms with van der Waals surface area (Å²) >= 11 is 0. The molecule has 2 atom stereocenters. The molecule has 0 heterocycles. The van der Waals surface area contributed by atoms with Crippen molar-refractivity contribution in [2.45, 2.75) is 31.3 Å². The van der Waals surface area contributed by atoms with Crippen molar-refractivity contribution in [1.29, 1.82) is 0 Å². The topological polar surface area (TPSA) is 64.3 Å². The van der Waals surface area contributed by atoms with Gasteiger partial charge >= 0.3 is 0 Å². The van der Waals surface area contributed by atoms with Crippen molar-refractivity contribution in [3.63, 3.8) is 0 Å². The van der Waals surface area contributed by atoms with Gasteiger partial charge in [-0.3, -0.25) is 4.79 Å². The fourth-order valence-electron chi connectivity index (χ4n) is 2.44. The highest BCUT2D eigenvalue weighted by Gasteiger charge is 2.23. The maximum Gasteiger partial charge on any atom is 0.239 e. The Hall–Kier alpha value is -1.39. The number of amides is 1. The molecule has 0 spiro atoms. The standard InChI is InChI=1S/C14H20N2O2/c1-18-9-12(15)14(17)16-13-8-4-6-10-5-2-3-7-11(10)13/h2-3,5,7,12-13H,4,6,8-9,15H2,1H3,(H,16,17)/t12-,13+/m0/s1. The summed E-state index contributed by atoms with van der Waals surface area (Å²) in [4.78, 5) is 11.9. The maximum absolute atomic E-state index is 11.9. The number of hydrogen-bond donors (Lipinski definition) is 2. The molecule has 1 aromatic rings. The Morgan fingerprint density at radius 1 is 1.56 bits per heavy atom. The van der Waals surface area contributed by atoms with Gasteiger partial charge in [-0.2, -0.15) is 0 Å². The molecule has 0 saturated carbocycles. The summed E-state index contributed by atoms with van der Waals surface area (Å²) in [5, 5.41) is 3.02. The van der Waals surface area contributed by atoms with Crippen molar-refractivity contribution in [1.82, 2.24) is 5.32 Å². The van der Waals surface area contributed by atoms with E-state index in [4.69, 9.17) is 10.5 Å². The van der Waals surface area contributed by atoms with E-state index in [-0.39, 0.29) is 18.6 Å². The normalized spacial score (nSPS) is 20.0. The SMILES string of the molecule is COC[C@H](N)C(=O)N[C@@H]1CCCc2ccccc21. The van der Waals surface area contributed by atoms with Crippen LogP contribution in [0.4, 0.5) is 0 Å². The van der Waals surface area contributed by atoms with Crippen molar-refractivity contribution in [3.05, 3.63) is 35.4 Å². The van der Waals surface area contributed by atoms with Crippen LogP contribution in [0.2, 0.25) is 0 Å². The molecule has 1 aliphatic rings. The van der Waals surface area contributed by atoms with Gasteiger partial charge in [0.05, 0.1) is 12.6 Å². The smallest absolute Gasteiger partial charge is 0.239 e. The van der Waals surface area contributed by atoms with Gasteiger partial charge in [-0.15, -0.1) is 0 Å². The third kappa shape index (κ3) is 2.89. The Balaban J connectivity index is 2.05. The molecule has 4 heteroatoms. The number of ether oxygens (including phenoxy) is 1. The third-order valence-electron chi connectivity index (χ3n) is 3.37. The predicted octanol–water partition coefficient (Wildman–Crippen LogP) is 1.15. The van der Waals surface area contributed by atoms with E-state index in [9.17, 15) is 4.79 Å². The van der Waals surface area contributed by atoms with Gasteiger partial charge in [0, 0.05) is 7.11 Å². The van der Waals surface area contributed by atoms with Crippen LogP contribution in [0, 0.1) is 0 Å². The molecule has 4 nitrogen and oxygen atoms in total. The van der Waals surface area contributed by atoms with Gasteiger partial charge in [0.1, 0.15) is 6.04 Å². The van der Waals surface area contributed by atoms with Crippen molar-refractivity contribution >= 4 is 5.91 Å². The predicted molar refractivity (Wildman–Crippen MR) is 70.1 cm³/mol. The number of methoxy groups -OCH3 is 1. The first-order valence-corrected chi connectivity index (χ1v) is 6.35. The first kappa shape index (κ1) is 13.1. The molecular formula is C14H20N2O2. The van der Waals surface area contributed by atoms with E-state index < -0.39 is 6.04 Å². The van der Waals surface area contributed by atoms with Crippen molar-refractivity contribution < 1.29 is 9.53 Å². The van der Waals surface area contributed by atoms with Crippen LogP contribution in [0.3, 0.4) is 0 Å². The zero-order valence-electron chi connectivity index (χ0n) is 10.7. The first-order chi connectivity index (χ1) is 8.72. The molecule has 1 aliphatic carbocycles. The average Bonchev–Trinajstić information content (AvgIpc) is 2.39. The molecule has 1 amide bonds. The lowest BCUT2D eigenvalue weighted by molar-refractivity contribution is -0.124. The summed E-state index contributed by atoms with van der Waals surface area (Å²) in [7, 11) is 1.54. The Morgan fingerprint density at radius 3 is 3.11 bits per heavy atom. The number of aryl methyl sites for hydroxylation is 1. The maximum atomic E-state index is 11.9. The van der Waals surface area contributed by atoms with E-state index >= 15 is 0 Å². The van der Waals surface area contributed by atoms with E-state index in [1.165, 1.54) is 11.1 Å². The zero-order valence-corrected chi connectivity index (χ0v) is 10.7. The number of carbonyl (C=O) groups excluding carboxylic acids is 1. The van der Waals surface area contributed by atoms with Crippen LogP contribution in [0.1, 0.15) is 30.0 Å². The van der Waals surface area contributed by atoms with Crippen LogP contribution in [0.25, 0.3) is 0 Å². The zero-order chi connectivity index (χ0) is 13.0. The quantitative estimate of drug-likeness (QED) is 0.840. The number of nitrogens with one attached hydrogen (secondary N) is 1. The fraction of sp³-hybridized carbons (Fsp3) is 0.500. The first-order valence-electron chi connectivity index (χ1n) is 6.35. The number of carbonyl (C=O) groups is 1. The summed E-state index contributed by atoms with van der Waals surface area (Å²) in [5.74, 6) is -0.140. The van der Waals surface area contributed by atoms with Gasteiger partial charge in [-0.05, 0) is 30.4 Å². The summed E-state index contributed by atoms with van der Waals surface area (Å²) in [5.41, 5.74) is 8.28. The van der Waals surface area contributed by atoms with E-state index in [0.717, 1.165) is 19.3 Å². The molecule has 0 aliphatic heterocycles. The number of hydrogen-bond acceptors (Lipinski definition) is 3. The second-order valence-corrected chi connectivity index (χ2v) is 4.71. The summed E-state index contributed by atoms with van der Waals surface area (Å²) in [6, 6.07) is 7.76. The Kier molecular flexibility index (Phi) is 4.33. The average molecular weight is 248 g/mol. The van der Waals surface area contributed by atoms with Crippen molar-refractivity contribution in [2.24, 2.45) is 5.73 Å². The van der Waals surface area contributed by atoms with Gasteiger partial charge in [0.15, 0.2) is 0 Å².